The number of amides is 1. The Morgan fingerprint density at radius 2 is 1.77 bits per heavy atom. The number of hydrogen-bond donors (Lipinski definition) is 1. The highest BCUT2D eigenvalue weighted by Gasteiger charge is 2.10. The first kappa shape index (κ1) is 16.2. The van der Waals surface area contributed by atoms with Gasteiger partial charge in [0, 0.05) is 10.2 Å². The Bertz CT molecular complexity index is 696. The average molecular weight is 362 g/mol. The van der Waals surface area contributed by atoms with E-state index in [1.165, 1.54) is 0 Å². The van der Waals surface area contributed by atoms with Crippen LogP contribution in [-0.4, -0.2) is 18.5 Å². The summed E-state index contributed by atoms with van der Waals surface area (Å²) in [7, 11) is 0. The first-order valence-corrected chi connectivity index (χ1v) is 7.55. The molecule has 0 heterocycles. The predicted molar refractivity (Wildman–Crippen MR) is 89.0 cm³/mol. The summed E-state index contributed by atoms with van der Waals surface area (Å²) in [6, 6.07) is 12.5. The van der Waals surface area contributed by atoms with Crippen LogP contribution in [0.3, 0.4) is 0 Å². The normalized spacial score (nSPS) is 10.1. The molecule has 0 saturated carbocycles. The van der Waals surface area contributed by atoms with E-state index < -0.39 is 5.97 Å². The topological polar surface area (TPSA) is 55.4 Å². The summed E-state index contributed by atoms with van der Waals surface area (Å²) < 4.78 is 5.96. The maximum absolute atomic E-state index is 11.8. The molecule has 1 amide bonds. The van der Waals surface area contributed by atoms with Crippen LogP contribution in [0.4, 0.5) is 5.69 Å². The molecule has 0 aliphatic carbocycles. The van der Waals surface area contributed by atoms with Gasteiger partial charge in [-0.2, -0.15) is 0 Å². The second kappa shape index (κ2) is 7.22. The lowest BCUT2D eigenvalue weighted by molar-refractivity contribution is -0.119. The summed E-state index contributed by atoms with van der Waals surface area (Å²) in [6.07, 6.45) is 0. The second-order valence-electron chi connectivity index (χ2n) is 4.95. The van der Waals surface area contributed by atoms with Crippen molar-refractivity contribution in [2.75, 3.05) is 11.9 Å². The molecule has 2 rings (SSSR count). The molecule has 0 aromatic heterocycles. The van der Waals surface area contributed by atoms with Gasteiger partial charge in [-0.05, 0) is 49.7 Å². The van der Waals surface area contributed by atoms with Crippen LogP contribution in [0.15, 0.2) is 46.9 Å². The number of aryl methyl sites for hydroxylation is 2. The largest absolute Gasteiger partial charge is 0.452 e. The highest BCUT2D eigenvalue weighted by atomic mass is 79.9. The van der Waals surface area contributed by atoms with Crippen molar-refractivity contribution in [2.24, 2.45) is 0 Å². The molecule has 2 aromatic rings. The Morgan fingerprint density at radius 1 is 1.09 bits per heavy atom. The Kier molecular flexibility index (Phi) is 5.33. The van der Waals surface area contributed by atoms with E-state index in [1.54, 1.807) is 18.2 Å². The summed E-state index contributed by atoms with van der Waals surface area (Å²) in [6.45, 7) is 3.54. The molecule has 0 spiro atoms. The zero-order valence-corrected chi connectivity index (χ0v) is 13.9. The third-order valence-corrected chi connectivity index (χ3v) is 3.95. The Hall–Kier alpha value is -2.14. The van der Waals surface area contributed by atoms with Gasteiger partial charge < -0.3 is 10.1 Å². The maximum Gasteiger partial charge on any atom is 0.338 e. The minimum Gasteiger partial charge on any atom is -0.452 e. The summed E-state index contributed by atoms with van der Waals surface area (Å²) in [5, 5.41) is 2.69. The molecule has 0 aliphatic heterocycles. The van der Waals surface area contributed by atoms with Crippen LogP contribution in [0.2, 0.25) is 0 Å². The van der Waals surface area contributed by atoms with Crippen molar-refractivity contribution in [3.8, 4) is 0 Å². The van der Waals surface area contributed by atoms with Crippen LogP contribution < -0.4 is 5.32 Å². The zero-order valence-electron chi connectivity index (χ0n) is 12.4. The summed E-state index contributed by atoms with van der Waals surface area (Å²) in [4.78, 5) is 23.6. The molecule has 0 bridgehead atoms. The van der Waals surface area contributed by atoms with Crippen molar-refractivity contribution in [1.82, 2.24) is 0 Å². The Labute approximate surface area is 137 Å². The summed E-state index contributed by atoms with van der Waals surface area (Å²) in [5.41, 5.74) is 3.16. The molecule has 0 unspecified atom stereocenters. The fourth-order valence-electron chi connectivity index (χ4n) is 1.82. The van der Waals surface area contributed by atoms with E-state index in [4.69, 9.17) is 4.74 Å². The third-order valence-electron chi connectivity index (χ3n) is 3.06. The molecule has 22 heavy (non-hydrogen) atoms. The summed E-state index contributed by atoms with van der Waals surface area (Å²) in [5.74, 6) is -0.885. The SMILES string of the molecule is Cc1ccc(C(=O)OCC(=O)Nc2ccc(Br)c(C)c2)cc1. The van der Waals surface area contributed by atoms with Crippen LogP contribution in [0, 0.1) is 13.8 Å². The van der Waals surface area contributed by atoms with Crippen LogP contribution >= 0.6 is 15.9 Å². The predicted octanol–water partition coefficient (Wildman–Crippen LogP) is 3.86. The fourth-order valence-corrected chi connectivity index (χ4v) is 2.07. The molecule has 0 atom stereocenters. The molecule has 0 saturated heterocycles. The Balaban J connectivity index is 1.88. The number of hydrogen-bond acceptors (Lipinski definition) is 3. The van der Waals surface area contributed by atoms with Crippen LogP contribution in [0.25, 0.3) is 0 Å². The van der Waals surface area contributed by atoms with Gasteiger partial charge in [-0.1, -0.05) is 33.6 Å². The van der Waals surface area contributed by atoms with Gasteiger partial charge in [0.1, 0.15) is 0 Å². The van der Waals surface area contributed by atoms with Crippen molar-refractivity contribution < 1.29 is 14.3 Å². The molecule has 1 N–H and O–H groups in total. The number of carbonyl (C=O) groups excluding carboxylic acids is 2. The van der Waals surface area contributed by atoms with E-state index in [0.29, 0.717) is 11.3 Å². The van der Waals surface area contributed by atoms with E-state index in [1.807, 2.05) is 38.1 Å². The molecule has 0 fully saturated rings. The molecule has 0 aliphatic rings. The third kappa shape index (κ3) is 4.43. The number of halogens is 1. The molecule has 0 radical (unpaired) electrons. The minimum atomic E-state index is -0.512. The van der Waals surface area contributed by atoms with Crippen molar-refractivity contribution in [3.05, 3.63) is 63.6 Å². The van der Waals surface area contributed by atoms with Crippen LogP contribution in [0.5, 0.6) is 0 Å². The van der Waals surface area contributed by atoms with Gasteiger partial charge in [0.15, 0.2) is 6.61 Å². The van der Waals surface area contributed by atoms with Gasteiger partial charge in [-0.3, -0.25) is 4.79 Å². The second-order valence-corrected chi connectivity index (χ2v) is 5.81. The monoisotopic (exact) mass is 361 g/mol. The van der Waals surface area contributed by atoms with Crippen molar-refractivity contribution >= 4 is 33.5 Å². The number of esters is 1. The number of nitrogens with one attached hydrogen (secondary N) is 1. The Morgan fingerprint density at radius 3 is 2.41 bits per heavy atom. The number of ether oxygens (including phenoxy) is 1. The lowest BCUT2D eigenvalue weighted by Crippen LogP contribution is -2.21. The summed E-state index contributed by atoms with van der Waals surface area (Å²) >= 11 is 3.39. The van der Waals surface area contributed by atoms with Crippen molar-refractivity contribution in [1.29, 1.82) is 0 Å². The average Bonchev–Trinajstić information content (AvgIpc) is 2.49. The lowest BCUT2D eigenvalue weighted by atomic mass is 10.1. The van der Waals surface area contributed by atoms with Crippen LogP contribution in [0.1, 0.15) is 21.5 Å². The molecular weight excluding hydrogens is 346 g/mol. The van der Waals surface area contributed by atoms with E-state index >= 15 is 0 Å². The lowest BCUT2D eigenvalue weighted by Gasteiger charge is -2.08. The first-order chi connectivity index (χ1) is 10.5. The first-order valence-electron chi connectivity index (χ1n) is 6.75. The van der Waals surface area contributed by atoms with Gasteiger partial charge >= 0.3 is 5.97 Å². The van der Waals surface area contributed by atoms with E-state index in [-0.39, 0.29) is 12.5 Å². The smallest absolute Gasteiger partial charge is 0.338 e. The molecule has 114 valence electrons. The molecule has 4 nitrogen and oxygen atoms in total. The van der Waals surface area contributed by atoms with Gasteiger partial charge in [-0.15, -0.1) is 0 Å². The molecule has 2 aromatic carbocycles. The quantitative estimate of drug-likeness (QED) is 0.841. The number of carbonyl (C=O) groups is 2. The number of anilines is 1. The van der Waals surface area contributed by atoms with E-state index in [0.717, 1.165) is 15.6 Å². The van der Waals surface area contributed by atoms with Gasteiger partial charge in [0.2, 0.25) is 0 Å². The standard InChI is InChI=1S/C17H16BrNO3/c1-11-3-5-13(6-4-11)17(21)22-10-16(20)19-14-7-8-15(18)12(2)9-14/h3-9H,10H2,1-2H3,(H,19,20). The molecule has 5 heteroatoms. The number of benzene rings is 2. The van der Waals surface area contributed by atoms with Crippen molar-refractivity contribution in [2.45, 2.75) is 13.8 Å². The van der Waals surface area contributed by atoms with Crippen LogP contribution in [-0.2, 0) is 9.53 Å². The molecular formula is C17H16BrNO3. The van der Waals surface area contributed by atoms with Gasteiger partial charge in [0.25, 0.3) is 5.91 Å². The zero-order chi connectivity index (χ0) is 16.1. The fraction of sp³-hybridized carbons (Fsp3) is 0.176. The van der Waals surface area contributed by atoms with Crippen molar-refractivity contribution in [3.63, 3.8) is 0 Å². The number of rotatable bonds is 4. The highest BCUT2D eigenvalue weighted by molar-refractivity contribution is 9.10. The van der Waals surface area contributed by atoms with Gasteiger partial charge in [0.05, 0.1) is 5.56 Å². The highest BCUT2D eigenvalue weighted by Crippen LogP contribution is 2.19. The maximum atomic E-state index is 11.8. The van der Waals surface area contributed by atoms with E-state index in [2.05, 4.69) is 21.2 Å². The van der Waals surface area contributed by atoms with E-state index in [9.17, 15) is 9.59 Å². The minimum absolute atomic E-state index is 0.318. The van der Waals surface area contributed by atoms with Gasteiger partial charge in [-0.25, -0.2) is 4.79 Å².